The van der Waals surface area contributed by atoms with Crippen molar-refractivity contribution in [1.29, 1.82) is 0 Å². The SMILES string of the molecule is CCN(CC)c1ccc(C=C2SC(=S)N(c3ccccc3C)C2=O)c(OCC(=O)Nc2cccc([N+](=O)[O-])c2)c1. The second-order valence-corrected chi connectivity index (χ2v) is 10.5. The lowest BCUT2D eigenvalue weighted by molar-refractivity contribution is -0.384. The van der Waals surface area contributed by atoms with Crippen molar-refractivity contribution in [2.75, 3.05) is 34.8 Å². The van der Waals surface area contributed by atoms with E-state index in [0.29, 0.717) is 26.2 Å². The minimum absolute atomic E-state index is 0.129. The Bertz CT molecular complexity index is 1500. The monoisotopic (exact) mass is 576 g/mol. The summed E-state index contributed by atoms with van der Waals surface area (Å²) >= 11 is 6.75. The molecule has 2 amide bonds. The van der Waals surface area contributed by atoms with Crippen molar-refractivity contribution in [3.05, 3.63) is 92.9 Å². The standard InChI is InChI=1S/C29H28N4O5S2/c1-4-31(5-2)22-14-13-20(15-26-28(35)32(29(39)40-26)24-12-7-6-9-19(24)3)25(17-22)38-18-27(34)30-21-10-8-11-23(16-21)33(36)37/h6-17H,4-5,18H2,1-3H3,(H,30,34). The molecule has 0 saturated carbocycles. The van der Waals surface area contributed by atoms with Crippen LogP contribution in [0.2, 0.25) is 0 Å². The molecule has 9 nitrogen and oxygen atoms in total. The molecule has 1 heterocycles. The van der Waals surface area contributed by atoms with Gasteiger partial charge in [0.25, 0.3) is 17.5 Å². The number of aryl methyl sites for hydroxylation is 1. The lowest BCUT2D eigenvalue weighted by Gasteiger charge is -2.22. The van der Waals surface area contributed by atoms with E-state index in [1.807, 2.05) is 63.2 Å². The molecule has 0 spiro atoms. The summed E-state index contributed by atoms with van der Waals surface area (Å²) in [7, 11) is 0. The third-order valence-corrected chi connectivity index (χ3v) is 7.56. The second-order valence-electron chi connectivity index (χ2n) is 8.84. The molecular formula is C29H28N4O5S2. The molecule has 3 aromatic carbocycles. The first-order valence-electron chi connectivity index (χ1n) is 12.6. The number of para-hydroxylation sites is 1. The number of thioether (sulfide) groups is 1. The third-order valence-electron chi connectivity index (χ3n) is 6.26. The number of amides is 2. The summed E-state index contributed by atoms with van der Waals surface area (Å²) in [5.74, 6) is -0.295. The van der Waals surface area contributed by atoms with Gasteiger partial charge in [-0.05, 0) is 56.7 Å². The van der Waals surface area contributed by atoms with E-state index in [1.54, 1.807) is 12.1 Å². The second kappa shape index (κ2) is 12.8. The van der Waals surface area contributed by atoms with Gasteiger partial charge in [0.2, 0.25) is 0 Å². The smallest absolute Gasteiger partial charge is 0.271 e. The van der Waals surface area contributed by atoms with E-state index in [1.165, 1.54) is 34.9 Å². The molecule has 0 aliphatic carbocycles. The van der Waals surface area contributed by atoms with E-state index in [4.69, 9.17) is 17.0 Å². The van der Waals surface area contributed by atoms with Crippen molar-refractivity contribution < 1.29 is 19.2 Å². The van der Waals surface area contributed by atoms with Crippen LogP contribution in [0.25, 0.3) is 6.08 Å². The van der Waals surface area contributed by atoms with E-state index in [-0.39, 0.29) is 18.2 Å². The number of anilines is 3. The van der Waals surface area contributed by atoms with Crippen LogP contribution in [0.3, 0.4) is 0 Å². The minimum atomic E-state index is -0.529. The number of carbonyl (C=O) groups excluding carboxylic acids is 2. The van der Waals surface area contributed by atoms with Crippen LogP contribution in [0.1, 0.15) is 25.0 Å². The van der Waals surface area contributed by atoms with Gasteiger partial charge in [0.15, 0.2) is 10.9 Å². The Morgan fingerprint density at radius 3 is 2.58 bits per heavy atom. The van der Waals surface area contributed by atoms with Crippen LogP contribution in [0.5, 0.6) is 5.75 Å². The molecule has 0 aromatic heterocycles. The number of rotatable bonds is 10. The van der Waals surface area contributed by atoms with Crippen LogP contribution < -0.4 is 19.9 Å². The van der Waals surface area contributed by atoms with Crippen LogP contribution >= 0.6 is 24.0 Å². The van der Waals surface area contributed by atoms with Crippen LogP contribution in [-0.4, -0.2) is 40.8 Å². The van der Waals surface area contributed by atoms with Crippen LogP contribution in [-0.2, 0) is 9.59 Å². The van der Waals surface area contributed by atoms with E-state index < -0.39 is 10.8 Å². The summed E-state index contributed by atoms with van der Waals surface area (Å²) in [6.07, 6.45) is 1.72. The van der Waals surface area contributed by atoms with Crippen molar-refractivity contribution >= 4 is 68.9 Å². The molecule has 4 rings (SSSR count). The van der Waals surface area contributed by atoms with Gasteiger partial charge < -0.3 is 15.0 Å². The zero-order valence-corrected chi connectivity index (χ0v) is 23.9. The van der Waals surface area contributed by atoms with Crippen LogP contribution in [0, 0.1) is 17.0 Å². The summed E-state index contributed by atoms with van der Waals surface area (Å²) in [6.45, 7) is 7.22. The highest BCUT2D eigenvalue weighted by atomic mass is 32.2. The number of non-ortho nitro benzene ring substituents is 1. The first-order valence-corrected chi connectivity index (χ1v) is 13.8. The van der Waals surface area contributed by atoms with E-state index in [0.717, 1.165) is 30.0 Å². The van der Waals surface area contributed by atoms with E-state index in [9.17, 15) is 19.7 Å². The predicted octanol–water partition coefficient (Wildman–Crippen LogP) is 6.17. The largest absolute Gasteiger partial charge is 0.483 e. The minimum Gasteiger partial charge on any atom is -0.483 e. The number of nitro benzene ring substituents is 1. The third kappa shape index (κ3) is 6.49. The van der Waals surface area contributed by atoms with E-state index in [2.05, 4.69) is 10.2 Å². The summed E-state index contributed by atoms with van der Waals surface area (Å²) in [5.41, 5.74) is 3.35. The number of nitrogens with one attached hydrogen (secondary N) is 1. The fraction of sp³-hybridized carbons (Fsp3) is 0.207. The van der Waals surface area contributed by atoms with Crippen molar-refractivity contribution in [3.8, 4) is 5.75 Å². The topological polar surface area (TPSA) is 105 Å². The number of benzene rings is 3. The molecule has 206 valence electrons. The first kappa shape index (κ1) is 28.8. The quantitative estimate of drug-likeness (QED) is 0.132. The fourth-order valence-electron chi connectivity index (χ4n) is 4.22. The van der Waals surface area contributed by atoms with Gasteiger partial charge in [0.1, 0.15) is 5.75 Å². The molecule has 0 radical (unpaired) electrons. The fourth-order valence-corrected chi connectivity index (χ4v) is 5.50. The van der Waals surface area contributed by atoms with Gasteiger partial charge in [0.05, 0.1) is 15.5 Å². The average Bonchev–Trinajstić information content (AvgIpc) is 3.21. The Hall–Kier alpha value is -4.22. The van der Waals surface area contributed by atoms with Gasteiger partial charge in [-0.2, -0.15) is 0 Å². The Labute approximate surface area is 242 Å². The Kier molecular flexibility index (Phi) is 9.18. The van der Waals surface area contributed by atoms with Crippen molar-refractivity contribution in [3.63, 3.8) is 0 Å². The number of hydrogen-bond acceptors (Lipinski definition) is 8. The molecule has 1 saturated heterocycles. The van der Waals surface area contributed by atoms with Gasteiger partial charge in [-0.3, -0.25) is 24.6 Å². The molecule has 0 bridgehead atoms. The Morgan fingerprint density at radius 1 is 1.12 bits per heavy atom. The van der Waals surface area contributed by atoms with Gasteiger partial charge in [0, 0.05) is 48.2 Å². The molecule has 1 fully saturated rings. The first-order chi connectivity index (χ1) is 19.2. The molecule has 3 aromatic rings. The van der Waals surface area contributed by atoms with E-state index >= 15 is 0 Å². The number of thiocarbonyl (C=S) groups is 1. The normalized spacial score (nSPS) is 14.0. The molecule has 0 atom stereocenters. The highest BCUT2D eigenvalue weighted by Gasteiger charge is 2.34. The molecule has 1 N–H and O–H groups in total. The van der Waals surface area contributed by atoms with Crippen molar-refractivity contribution in [1.82, 2.24) is 0 Å². The van der Waals surface area contributed by atoms with Gasteiger partial charge >= 0.3 is 0 Å². The van der Waals surface area contributed by atoms with Crippen LogP contribution in [0.4, 0.5) is 22.7 Å². The summed E-state index contributed by atoms with van der Waals surface area (Å²) < 4.78 is 6.38. The molecule has 11 heteroatoms. The lowest BCUT2D eigenvalue weighted by atomic mass is 10.1. The highest BCUT2D eigenvalue weighted by molar-refractivity contribution is 8.27. The summed E-state index contributed by atoms with van der Waals surface area (Å²) in [5, 5.41) is 13.7. The number of carbonyl (C=O) groups is 2. The van der Waals surface area contributed by atoms with Crippen molar-refractivity contribution in [2.45, 2.75) is 20.8 Å². The molecule has 0 unspecified atom stereocenters. The Balaban J connectivity index is 1.59. The van der Waals surface area contributed by atoms with Crippen LogP contribution in [0.15, 0.2) is 71.6 Å². The molecule has 1 aliphatic heterocycles. The zero-order chi connectivity index (χ0) is 28.8. The van der Waals surface area contributed by atoms with Gasteiger partial charge in [-0.1, -0.05) is 48.2 Å². The van der Waals surface area contributed by atoms with Gasteiger partial charge in [-0.15, -0.1) is 0 Å². The maximum Gasteiger partial charge on any atom is 0.271 e. The number of nitrogens with zero attached hydrogens (tertiary/aromatic N) is 3. The molecule has 40 heavy (non-hydrogen) atoms. The molecule has 1 aliphatic rings. The van der Waals surface area contributed by atoms with Gasteiger partial charge in [-0.25, -0.2) is 0 Å². The number of ether oxygens (including phenoxy) is 1. The average molecular weight is 577 g/mol. The Morgan fingerprint density at radius 2 is 1.88 bits per heavy atom. The number of nitro groups is 1. The summed E-state index contributed by atoms with van der Waals surface area (Å²) in [6, 6.07) is 18.9. The predicted molar refractivity (Wildman–Crippen MR) is 164 cm³/mol. The number of hydrogen-bond donors (Lipinski definition) is 1. The maximum absolute atomic E-state index is 13.4. The zero-order valence-electron chi connectivity index (χ0n) is 22.2. The van der Waals surface area contributed by atoms with Crippen molar-refractivity contribution in [2.24, 2.45) is 0 Å². The maximum atomic E-state index is 13.4. The molecular weight excluding hydrogens is 548 g/mol. The highest BCUT2D eigenvalue weighted by Crippen LogP contribution is 2.38. The summed E-state index contributed by atoms with van der Waals surface area (Å²) in [4.78, 5) is 40.7. The lowest BCUT2D eigenvalue weighted by Crippen LogP contribution is -2.28.